The van der Waals surface area contributed by atoms with Gasteiger partial charge in [-0.25, -0.2) is 9.59 Å². The van der Waals surface area contributed by atoms with Crippen molar-refractivity contribution in [1.29, 1.82) is 0 Å². The third-order valence-electron chi connectivity index (χ3n) is 6.66. The molecule has 1 saturated carbocycles. The van der Waals surface area contributed by atoms with Crippen LogP contribution in [0.3, 0.4) is 0 Å². The van der Waals surface area contributed by atoms with Crippen LogP contribution in [0.2, 0.25) is 0 Å². The summed E-state index contributed by atoms with van der Waals surface area (Å²) in [6, 6.07) is 15.8. The first-order valence-corrected chi connectivity index (χ1v) is 13.6. The number of aryl methyl sites for hydroxylation is 1. The number of allylic oxidation sites excluding steroid dienone is 1. The Bertz CT molecular complexity index is 1090. The molecule has 0 atom stereocenters. The molecule has 2 aromatic carbocycles. The third kappa shape index (κ3) is 8.54. The van der Waals surface area contributed by atoms with Crippen molar-refractivity contribution in [2.45, 2.75) is 90.3 Å². The number of nitrogens with one attached hydrogen (secondary N) is 1. The van der Waals surface area contributed by atoms with E-state index in [1.807, 2.05) is 70.2 Å². The number of alkyl carbamates (subject to hydrolysis) is 1. The van der Waals surface area contributed by atoms with Gasteiger partial charge in [0.1, 0.15) is 5.60 Å². The fourth-order valence-electron chi connectivity index (χ4n) is 4.97. The Balaban J connectivity index is 1.80. The summed E-state index contributed by atoms with van der Waals surface area (Å²) in [5.74, 6) is 0.776. The summed E-state index contributed by atoms with van der Waals surface area (Å²) in [6.45, 7) is 12.0. The Kier molecular flexibility index (Phi) is 10.2. The molecule has 0 bridgehead atoms. The standard InChI is InChI=1S/C31H42N2O5/c1-6-37-22(2)11-10-12-23-15-20-27(24-13-8-7-9-14-24)28(21-23)33(30(35)36)26-18-16-25(17-19-26)32-29(34)38-31(3,4)5/h7-9,13-15,20-21,25-26H,2,6,10-12,16-19H2,1,3-5H3,(H,32,34)(H,35,36). The van der Waals surface area contributed by atoms with Crippen LogP contribution in [0.5, 0.6) is 0 Å². The van der Waals surface area contributed by atoms with Crippen molar-refractivity contribution in [2.24, 2.45) is 0 Å². The summed E-state index contributed by atoms with van der Waals surface area (Å²) >= 11 is 0. The zero-order valence-electron chi connectivity index (χ0n) is 23.2. The Morgan fingerprint density at radius 1 is 1.08 bits per heavy atom. The minimum atomic E-state index is -0.965. The van der Waals surface area contributed by atoms with Gasteiger partial charge in [0.25, 0.3) is 0 Å². The molecule has 2 N–H and O–H groups in total. The summed E-state index contributed by atoms with van der Waals surface area (Å²) in [6.07, 6.45) is 3.72. The average Bonchev–Trinajstić information content (AvgIpc) is 2.85. The molecule has 3 rings (SSSR count). The third-order valence-corrected chi connectivity index (χ3v) is 6.66. The van der Waals surface area contributed by atoms with Crippen LogP contribution in [0.1, 0.15) is 71.8 Å². The van der Waals surface area contributed by atoms with E-state index in [0.717, 1.165) is 41.7 Å². The Hall–Kier alpha value is -3.48. The minimum Gasteiger partial charge on any atom is -0.499 e. The summed E-state index contributed by atoms with van der Waals surface area (Å²) in [7, 11) is 0. The summed E-state index contributed by atoms with van der Waals surface area (Å²) in [5, 5.41) is 13.3. The maximum Gasteiger partial charge on any atom is 0.412 e. The van der Waals surface area contributed by atoms with Gasteiger partial charge in [-0.1, -0.05) is 49.0 Å². The molecule has 2 amide bonds. The zero-order chi connectivity index (χ0) is 27.7. The first-order valence-electron chi connectivity index (χ1n) is 13.6. The summed E-state index contributed by atoms with van der Waals surface area (Å²) < 4.78 is 10.9. The Labute approximate surface area is 226 Å². The van der Waals surface area contributed by atoms with E-state index in [1.54, 1.807) is 0 Å². The minimum absolute atomic E-state index is 0.0323. The maximum absolute atomic E-state index is 12.7. The highest BCUT2D eigenvalue weighted by atomic mass is 16.6. The topological polar surface area (TPSA) is 88.1 Å². The van der Waals surface area contributed by atoms with Crippen molar-refractivity contribution in [1.82, 2.24) is 5.32 Å². The molecule has 0 aliphatic heterocycles. The van der Waals surface area contributed by atoms with Crippen LogP contribution >= 0.6 is 0 Å². The van der Waals surface area contributed by atoms with Gasteiger partial charge in [-0.15, -0.1) is 0 Å². The fourth-order valence-corrected chi connectivity index (χ4v) is 4.97. The first kappa shape index (κ1) is 29.1. The van der Waals surface area contributed by atoms with Gasteiger partial charge in [-0.2, -0.15) is 0 Å². The van der Waals surface area contributed by atoms with Crippen LogP contribution in [-0.4, -0.2) is 41.6 Å². The van der Waals surface area contributed by atoms with Crippen LogP contribution in [0.15, 0.2) is 60.9 Å². The number of anilines is 1. The fraction of sp³-hybridized carbons (Fsp3) is 0.484. The lowest BCUT2D eigenvalue weighted by Gasteiger charge is -2.36. The van der Waals surface area contributed by atoms with Crippen molar-refractivity contribution in [2.75, 3.05) is 11.5 Å². The first-order chi connectivity index (χ1) is 18.1. The molecule has 7 heteroatoms. The van der Waals surface area contributed by atoms with Crippen LogP contribution < -0.4 is 10.2 Å². The molecular weight excluding hydrogens is 480 g/mol. The molecule has 1 fully saturated rings. The maximum atomic E-state index is 12.7. The van der Waals surface area contributed by atoms with Crippen molar-refractivity contribution >= 4 is 17.9 Å². The van der Waals surface area contributed by atoms with Crippen LogP contribution in [-0.2, 0) is 15.9 Å². The lowest BCUT2D eigenvalue weighted by Crippen LogP contribution is -2.47. The molecule has 0 aromatic heterocycles. The molecule has 0 spiro atoms. The van der Waals surface area contributed by atoms with E-state index in [9.17, 15) is 14.7 Å². The molecule has 0 heterocycles. The molecule has 0 saturated heterocycles. The number of carboxylic acid groups (broad SMARTS) is 1. The van der Waals surface area contributed by atoms with Crippen molar-refractivity contribution < 1.29 is 24.2 Å². The molecule has 0 unspecified atom stereocenters. The Morgan fingerprint density at radius 3 is 2.37 bits per heavy atom. The van der Waals surface area contributed by atoms with Crippen molar-refractivity contribution in [3.05, 3.63) is 66.4 Å². The van der Waals surface area contributed by atoms with Crippen molar-refractivity contribution in [3.8, 4) is 11.1 Å². The van der Waals surface area contributed by atoms with Crippen LogP contribution in [0, 0.1) is 0 Å². The number of hydrogen-bond donors (Lipinski definition) is 2. The highest BCUT2D eigenvalue weighted by Crippen LogP contribution is 2.36. The quantitative estimate of drug-likeness (QED) is 0.315. The molecule has 0 radical (unpaired) electrons. The predicted molar refractivity (Wildman–Crippen MR) is 151 cm³/mol. The van der Waals surface area contributed by atoms with Gasteiger partial charge in [0.2, 0.25) is 0 Å². The van der Waals surface area contributed by atoms with E-state index in [0.29, 0.717) is 38.0 Å². The number of carbonyl (C=O) groups is 2. The molecule has 7 nitrogen and oxygen atoms in total. The summed E-state index contributed by atoms with van der Waals surface area (Å²) in [5.41, 5.74) is 3.09. The van der Waals surface area contributed by atoms with E-state index in [2.05, 4.69) is 18.0 Å². The monoisotopic (exact) mass is 522 g/mol. The molecule has 2 aromatic rings. The van der Waals surface area contributed by atoms with E-state index < -0.39 is 17.8 Å². The average molecular weight is 523 g/mol. The smallest absolute Gasteiger partial charge is 0.412 e. The number of nitrogens with zero attached hydrogens (tertiary/aromatic N) is 1. The second kappa shape index (κ2) is 13.4. The van der Waals surface area contributed by atoms with E-state index in [-0.39, 0.29) is 12.1 Å². The SMILES string of the molecule is C=C(CCCc1ccc(-c2ccccc2)c(N(C(=O)O)C2CCC(NC(=O)OC(C)(C)C)CC2)c1)OCC. The number of carbonyl (C=O) groups excluding carboxylic acids is 1. The van der Waals surface area contributed by atoms with Gasteiger partial charge in [-0.05, 0) is 83.4 Å². The van der Waals surface area contributed by atoms with E-state index in [1.165, 1.54) is 4.90 Å². The molecular formula is C31H42N2O5. The lowest BCUT2D eigenvalue weighted by atomic mass is 9.89. The molecule has 1 aliphatic rings. The predicted octanol–water partition coefficient (Wildman–Crippen LogP) is 7.55. The van der Waals surface area contributed by atoms with E-state index >= 15 is 0 Å². The highest BCUT2D eigenvalue weighted by Gasteiger charge is 2.32. The van der Waals surface area contributed by atoms with Crippen LogP contribution in [0.4, 0.5) is 15.3 Å². The molecule has 38 heavy (non-hydrogen) atoms. The number of ether oxygens (including phenoxy) is 2. The normalized spacial score (nSPS) is 17.4. The van der Waals surface area contributed by atoms with Crippen molar-refractivity contribution in [3.63, 3.8) is 0 Å². The largest absolute Gasteiger partial charge is 0.499 e. The van der Waals surface area contributed by atoms with E-state index in [4.69, 9.17) is 9.47 Å². The number of hydrogen-bond acceptors (Lipinski definition) is 4. The summed E-state index contributed by atoms with van der Waals surface area (Å²) in [4.78, 5) is 26.5. The number of benzene rings is 2. The van der Waals surface area contributed by atoms with Gasteiger partial charge in [0, 0.05) is 24.1 Å². The van der Waals surface area contributed by atoms with Gasteiger partial charge >= 0.3 is 12.2 Å². The lowest BCUT2D eigenvalue weighted by molar-refractivity contribution is 0.0490. The second-order valence-corrected chi connectivity index (χ2v) is 10.8. The highest BCUT2D eigenvalue weighted by molar-refractivity contribution is 5.93. The van der Waals surface area contributed by atoms with Gasteiger partial charge < -0.3 is 19.9 Å². The van der Waals surface area contributed by atoms with Crippen LogP contribution in [0.25, 0.3) is 11.1 Å². The Morgan fingerprint density at radius 2 is 1.76 bits per heavy atom. The molecule has 206 valence electrons. The second-order valence-electron chi connectivity index (χ2n) is 10.8. The number of amides is 2. The molecule has 1 aliphatic carbocycles. The van der Waals surface area contributed by atoms with Gasteiger partial charge in [0.05, 0.1) is 18.1 Å². The number of rotatable bonds is 10. The van der Waals surface area contributed by atoms with Gasteiger partial charge in [0.15, 0.2) is 0 Å². The zero-order valence-corrected chi connectivity index (χ0v) is 23.2. The van der Waals surface area contributed by atoms with Gasteiger partial charge in [-0.3, -0.25) is 4.90 Å².